The molecule has 126 valence electrons. The summed E-state index contributed by atoms with van der Waals surface area (Å²) < 4.78 is 27.2. The number of hydrogen-bond acceptors (Lipinski definition) is 5. The summed E-state index contributed by atoms with van der Waals surface area (Å²) in [6.45, 7) is 0.376. The van der Waals surface area contributed by atoms with Crippen LogP contribution in [0.3, 0.4) is 0 Å². The highest BCUT2D eigenvalue weighted by Crippen LogP contribution is 2.42. The number of nitro benzene ring substituents is 1. The predicted molar refractivity (Wildman–Crippen MR) is 93.6 cm³/mol. The van der Waals surface area contributed by atoms with E-state index in [1.54, 1.807) is 18.2 Å². The van der Waals surface area contributed by atoms with Crippen LogP contribution in [0, 0.1) is 10.1 Å². The molecule has 0 radical (unpaired) electrons. The van der Waals surface area contributed by atoms with Gasteiger partial charge in [-0.05, 0) is 29.8 Å². The fraction of sp³-hybridized carbons (Fsp3) is 0.200. The first-order valence-electron chi connectivity index (χ1n) is 7.03. The third-order valence-corrected chi connectivity index (χ3v) is 7.14. The number of sulfonamides is 1. The van der Waals surface area contributed by atoms with Crippen LogP contribution in [0.25, 0.3) is 0 Å². The summed E-state index contributed by atoms with van der Waals surface area (Å²) in [5.74, 6) is 0.670. The molecule has 6 nitrogen and oxygen atoms in total. The SMILES string of the molecule is O=[N+]([O-])c1ccc(S(=O)(=O)N2CCS[C@H]2c2cccc(Cl)c2)cc1. The molecule has 1 atom stereocenters. The van der Waals surface area contributed by atoms with Gasteiger partial charge in [0.1, 0.15) is 0 Å². The molecular weight excluding hydrogens is 372 g/mol. The number of nitro groups is 1. The minimum Gasteiger partial charge on any atom is -0.258 e. The lowest BCUT2D eigenvalue weighted by Crippen LogP contribution is -2.30. The van der Waals surface area contributed by atoms with Gasteiger partial charge in [-0.1, -0.05) is 23.7 Å². The van der Waals surface area contributed by atoms with E-state index in [1.807, 2.05) is 6.07 Å². The predicted octanol–water partition coefficient (Wildman–Crippen LogP) is 3.68. The van der Waals surface area contributed by atoms with Crippen LogP contribution in [-0.4, -0.2) is 29.9 Å². The standard InChI is InChI=1S/C15H13ClN2O4S2/c16-12-3-1-2-11(10-12)15-17(8-9-23-15)24(21,22)14-6-4-13(5-7-14)18(19)20/h1-7,10,15H,8-9H2/t15-/m0/s1. The van der Waals surface area contributed by atoms with E-state index in [2.05, 4.69) is 0 Å². The maximum absolute atomic E-state index is 12.9. The van der Waals surface area contributed by atoms with Crippen molar-refractivity contribution in [2.45, 2.75) is 10.3 Å². The number of non-ortho nitro benzene ring substituents is 1. The van der Waals surface area contributed by atoms with E-state index in [0.29, 0.717) is 17.3 Å². The minimum absolute atomic E-state index is 0.0441. The van der Waals surface area contributed by atoms with Crippen LogP contribution >= 0.6 is 23.4 Å². The van der Waals surface area contributed by atoms with Crippen LogP contribution in [0.1, 0.15) is 10.9 Å². The summed E-state index contributed by atoms with van der Waals surface area (Å²) >= 11 is 7.53. The maximum atomic E-state index is 12.9. The van der Waals surface area contributed by atoms with Crippen molar-refractivity contribution >= 4 is 39.1 Å². The zero-order chi connectivity index (χ0) is 17.3. The van der Waals surface area contributed by atoms with Gasteiger partial charge in [-0.3, -0.25) is 10.1 Å². The molecule has 1 aliphatic heterocycles. The van der Waals surface area contributed by atoms with Crippen molar-refractivity contribution in [3.8, 4) is 0 Å². The Bertz CT molecular complexity index is 871. The van der Waals surface area contributed by atoms with Crippen LogP contribution in [0.2, 0.25) is 5.02 Å². The summed E-state index contributed by atoms with van der Waals surface area (Å²) in [6.07, 6.45) is 0. The summed E-state index contributed by atoms with van der Waals surface area (Å²) in [7, 11) is -3.74. The molecule has 1 heterocycles. The molecule has 3 rings (SSSR count). The van der Waals surface area contributed by atoms with Crippen LogP contribution in [0.15, 0.2) is 53.4 Å². The quantitative estimate of drug-likeness (QED) is 0.593. The lowest BCUT2D eigenvalue weighted by molar-refractivity contribution is -0.384. The monoisotopic (exact) mass is 384 g/mol. The molecule has 9 heteroatoms. The molecule has 0 aromatic heterocycles. The van der Waals surface area contributed by atoms with E-state index in [4.69, 9.17) is 11.6 Å². The van der Waals surface area contributed by atoms with Crippen molar-refractivity contribution in [3.05, 3.63) is 69.2 Å². The molecule has 1 saturated heterocycles. The highest BCUT2D eigenvalue weighted by atomic mass is 35.5. The highest BCUT2D eigenvalue weighted by molar-refractivity contribution is 8.01. The largest absolute Gasteiger partial charge is 0.269 e. The molecule has 0 bridgehead atoms. The van der Waals surface area contributed by atoms with E-state index < -0.39 is 14.9 Å². The second-order valence-electron chi connectivity index (χ2n) is 5.14. The fourth-order valence-corrected chi connectivity index (χ4v) is 5.93. The van der Waals surface area contributed by atoms with Crippen molar-refractivity contribution in [2.75, 3.05) is 12.3 Å². The number of rotatable bonds is 4. The van der Waals surface area contributed by atoms with Gasteiger partial charge in [-0.15, -0.1) is 11.8 Å². The third kappa shape index (κ3) is 3.27. The van der Waals surface area contributed by atoms with E-state index >= 15 is 0 Å². The van der Waals surface area contributed by atoms with E-state index in [9.17, 15) is 18.5 Å². The molecule has 1 aliphatic rings. The lowest BCUT2D eigenvalue weighted by Gasteiger charge is -2.23. The fourth-order valence-electron chi connectivity index (χ4n) is 2.50. The zero-order valence-corrected chi connectivity index (χ0v) is 14.7. The Labute approximate surface area is 148 Å². The summed E-state index contributed by atoms with van der Waals surface area (Å²) in [4.78, 5) is 10.2. The number of hydrogen-bond donors (Lipinski definition) is 0. The van der Waals surface area contributed by atoms with Crippen LogP contribution in [0.4, 0.5) is 5.69 Å². The Morgan fingerprint density at radius 3 is 2.54 bits per heavy atom. The number of halogens is 1. The Morgan fingerprint density at radius 1 is 1.21 bits per heavy atom. The van der Waals surface area contributed by atoms with Crippen LogP contribution < -0.4 is 0 Å². The molecule has 0 amide bonds. The molecule has 0 N–H and O–H groups in total. The van der Waals surface area contributed by atoms with E-state index in [0.717, 1.165) is 5.56 Å². The van der Waals surface area contributed by atoms with Gasteiger partial charge in [0.2, 0.25) is 10.0 Å². The Hall–Kier alpha value is -1.61. The minimum atomic E-state index is -3.74. The Kier molecular flexibility index (Phi) is 4.82. The molecule has 0 spiro atoms. The molecule has 0 saturated carbocycles. The Balaban J connectivity index is 1.94. The van der Waals surface area contributed by atoms with Crippen LogP contribution in [-0.2, 0) is 10.0 Å². The lowest BCUT2D eigenvalue weighted by atomic mass is 10.2. The van der Waals surface area contributed by atoms with Gasteiger partial charge >= 0.3 is 0 Å². The summed E-state index contributed by atoms with van der Waals surface area (Å²) in [5.41, 5.74) is 0.673. The van der Waals surface area contributed by atoms with Gasteiger partial charge in [0.25, 0.3) is 5.69 Å². The van der Waals surface area contributed by atoms with Gasteiger partial charge in [-0.25, -0.2) is 8.42 Å². The van der Waals surface area contributed by atoms with E-state index in [-0.39, 0.29) is 16.0 Å². The molecule has 0 aliphatic carbocycles. The molecule has 0 unspecified atom stereocenters. The third-order valence-electron chi connectivity index (χ3n) is 3.64. The molecule has 1 fully saturated rings. The number of benzene rings is 2. The van der Waals surface area contributed by atoms with Crippen molar-refractivity contribution in [2.24, 2.45) is 0 Å². The average Bonchev–Trinajstić information content (AvgIpc) is 3.05. The topological polar surface area (TPSA) is 80.5 Å². The first-order chi connectivity index (χ1) is 11.4. The highest BCUT2D eigenvalue weighted by Gasteiger charge is 2.37. The molecular formula is C15H13ClN2O4S2. The number of nitrogens with zero attached hydrogens (tertiary/aromatic N) is 2. The average molecular weight is 385 g/mol. The smallest absolute Gasteiger partial charge is 0.258 e. The second kappa shape index (κ2) is 6.72. The zero-order valence-electron chi connectivity index (χ0n) is 12.3. The van der Waals surface area contributed by atoms with Crippen molar-refractivity contribution < 1.29 is 13.3 Å². The normalized spacial score (nSPS) is 18.6. The summed E-state index contributed by atoms with van der Waals surface area (Å²) in [5, 5.41) is 10.9. The van der Waals surface area contributed by atoms with Crippen molar-refractivity contribution in [1.82, 2.24) is 4.31 Å². The van der Waals surface area contributed by atoms with Crippen molar-refractivity contribution in [3.63, 3.8) is 0 Å². The van der Waals surface area contributed by atoms with Crippen LogP contribution in [0.5, 0.6) is 0 Å². The van der Waals surface area contributed by atoms with Gasteiger partial charge in [0.05, 0.1) is 15.2 Å². The summed E-state index contributed by atoms with van der Waals surface area (Å²) in [6, 6.07) is 12.1. The Morgan fingerprint density at radius 2 is 1.92 bits per heavy atom. The molecule has 24 heavy (non-hydrogen) atoms. The van der Waals surface area contributed by atoms with E-state index in [1.165, 1.54) is 40.3 Å². The first kappa shape index (κ1) is 17.2. The van der Waals surface area contributed by atoms with Gasteiger partial charge < -0.3 is 0 Å². The molecule has 2 aromatic carbocycles. The van der Waals surface area contributed by atoms with Crippen molar-refractivity contribution in [1.29, 1.82) is 0 Å². The van der Waals surface area contributed by atoms with Gasteiger partial charge in [0, 0.05) is 29.5 Å². The first-order valence-corrected chi connectivity index (χ1v) is 9.89. The second-order valence-corrected chi connectivity index (χ2v) is 8.66. The number of thioether (sulfide) groups is 1. The van der Waals surface area contributed by atoms with Gasteiger partial charge in [-0.2, -0.15) is 4.31 Å². The molecule has 2 aromatic rings. The maximum Gasteiger partial charge on any atom is 0.269 e. The van der Waals surface area contributed by atoms with Gasteiger partial charge in [0.15, 0.2) is 0 Å².